The maximum atomic E-state index is 13.1. The Labute approximate surface area is 86.3 Å². The van der Waals surface area contributed by atoms with E-state index in [9.17, 15) is 13.9 Å². The smallest absolute Gasteiger partial charge is 0.129 e. The Kier molecular flexibility index (Phi) is 4.29. The van der Waals surface area contributed by atoms with E-state index in [4.69, 9.17) is 11.6 Å². The summed E-state index contributed by atoms with van der Waals surface area (Å²) < 4.78 is 25.8. The number of halogens is 3. The van der Waals surface area contributed by atoms with Crippen LogP contribution in [0.5, 0.6) is 0 Å². The van der Waals surface area contributed by atoms with Crippen LogP contribution in [0.25, 0.3) is 0 Å². The minimum Gasteiger partial charge on any atom is -0.388 e. The summed E-state index contributed by atoms with van der Waals surface area (Å²) in [6, 6.07) is 3.04. The van der Waals surface area contributed by atoms with Crippen molar-refractivity contribution in [1.82, 2.24) is 0 Å². The topological polar surface area (TPSA) is 20.2 Å². The molecular formula is C10H11ClF2O. The summed E-state index contributed by atoms with van der Waals surface area (Å²) >= 11 is 5.43. The van der Waals surface area contributed by atoms with Crippen LogP contribution in [0.3, 0.4) is 0 Å². The maximum Gasteiger partial charge on any atom is 0.129 e. The Morgan fingerprint density at radius 3 is 2.71 bits per heavy atom. The van der Waals surface area contributed by atoms with Gasteiger partial charge in [-0.3, -0.25) is 0 Å². The van der Waals surface area contributed by atoms with Crippen molar-refractivity contribution in [3.63, 3.8) is 0 Å². The summed E-state index contributed by atoms with van der Waals surface area (Å²) in [7, 11) is 0. The van der Waals surface area contributed by atoms with Gasteiger partial charge in [-0.15, -0.1) is 11.6 Å². The van der Waals surface area contributed by atoms with Crippen molar-refractivity contribution < 1.29 is 13.9 Å². The van der Waals surface area contributed by atoms with E-state index in [-0.39, 0.29) is 5.56 Å². The summed E-state index contributed by atoms with van der Waals surface area (Å²) in [6.07, 6.45) is -0.0767. The average Bonchev–Trinajstić information content (AvgIpc) is 2.18. The summed E-state index contributed by atoms with van der Waals surface area (Å²) in [5, 5.41) is 9.49. The van der Waals surface area contributed by atoms with E-state index in [0.717, 1.165) is 18.2 Å². The lowest BCUT2D eigenvalue weighted by atomic mass is 10.0. The predicted octanol–water partition coefficient (Wildman–Crippen LogP) is 3.02. The molecule has 0 spiro atoms. The molecular weight excluding hydrogens is 210 g/mol. The number of aliphatic hydroxyl groups is 1. The Morgan fingerprint density at radius 1 is 1.36 bits per heavy atom. The van der Waals surface area contributed by atoms with Crippen LogP contribution in [0.15, 0.2) is 18.2 Å². The number of hydrogen-bond acceptors (Lipinski definition) is 1. The number of rotatable bonds is 4. The van der Waals surface area contributed by atoms with Crippen molar-refractivity contribution in [3.8, 4) is 0 Å². The van der Waals surface area contributed by atoms with Crippen LogP contribution in [0.2, 0.25) is 0 Å². The van der Waals surface area contributed by atoms with Gasteiger partial charge in [0.05, 0.1) is 6.10 Å². The molecule has 0 heterocycles. The summed E-state index contributed by atoms with van der Waals surface area (Å²) in [5.41, 5.74) is -0.00452. The van der Waals surface area contributed by atoms with Crippen molar-refractivity contribution in [2.45, 2.75) is 18.9 Å². The minimum atomic E-state index is -0.982. The van der Waals surface area contributed by atoms with Gasteiger partial charge in [-0.05, 0) is 31.0 Å². The van der Waals surface area contributed by atoms with Gasteiger partial charge in [-0.1, -0.05) is 0 Å². The van der Waals surface area contributed by atoms with Gasteiger partial charge < -0.3 is 5.11 Å². The first-order chi connectivity index (χ1) is 6.65. The Hall–Kier alpha value is -0.670. The molecule has 1 aromatic carbocycles. The normalized spacial score (nSPS) is 12.9. The fraction of sp³-hybridized carbons (Fsp3) is 0.400. The largest absolute Gasteiger partial charge is 0.388 e. The van der Waals surface area contributed by atoms with E-state index in [1.807, 2.05) is 0 Å². The molecule has 4 heteroatoms. The fourth-order valence-electron chi connectivity index (χ4n) is 1.20. The highest BCUT2D eigenvalue weighted by Gasteiger charge is 2.12. The molecule has 0 unspecified atom stereocenters. The zero-order valence-electron chi connectivity index (χ0n) is 7.51. The van der Waals surface area contributed by atoms with Gasteiger partial charge in [0, 0.05) is 11.4 Å². The van der Waals surface area contributed by atoms with Crippen molar-refractivity contribution in [1.29, 1.82) is 0 Å². The third-order valence-electron chi connectivity index (χ3n) is 1.93. The van der Waals surface area contributed by atoms with Crippen LogP contribution in [0, 0.1) is 11.6 Å². The van der Waals surface area contributed by atoms with E-state index in [0.29, 0.717) is 18.7 Å². The van der Waals surface area contributed by atoms with Crippen LogP contribution >= 0.6 is 11.6 Å². The van der Waals surface area contributed by atoms with E-state index in [2.05, 4.69) is 0 Å². The van der Waals surface area contributed by atoms with Crippen molar-refractivity contribution in [2.75, 3.05) is 5.88 Å². The molecule has 78 valence electrons. The third-order valence-corrected chi connectivity index (χ3v) is 2.20. The molecule has 0 fully saturated rings. The second kappa shape index (κ2) is 5.27. The van der Waals surface area contributed by atoms with Crippen molar-refractivity contribution >= 4 is 11.6 Å². The van der Waals surface area contributed by atoms with Gasteiger partial charge in [-0.2, -0.15) is 0 Å². The summed E-state index contributed by atoms with van der Waals surface area (Å²) in [6.45, 7) is 0. The molecule has 0 radical (unpaired) electrons. The van der Waals surface area contributed by atoms with Gasteiger partial charge in [0.2, 0.25) is 0 Å². The molecule has 0 aliphatic carbocycles. The van der Waals surface area contributed by atoms with E-state index < -0.39 is 17.7 Å². The lowest BCUT2D eigenvalue weighted by Gasteiger charge is -2.10. The van der Waals surface area contributed by atoms with Crippen LogP contribution in [-0.2, 0) is 0 Å². The molecule has 14 heavy (non-hydrogen) atoms. The molecule has 0 bridgehead atoms. The van der Waals surface area contributed by atoms with Gasteiger partial charge in [0.15, 0.2) is 0 Å². The zero-order valence-corrected chi connectivity index (χ0v) is 8.27. The molecule has 0 saturated carbocycles. The maximum absolute atomic E-state index is 13.1. The van der Waals surface area contributed by atoms with Gasteiger partial charge in [0.1, 0.15) is 11.6 Å². The second-order valence-electron chi connectivity index (χ2n) is 3.01. The quantitative estimate of drug-likeness (QED) is 0.774. The van der Waals surface area contributed by atoms with Crippen LogP contribution < -0.4 is 0 Å². The zero-order chi connectivity index (χ0) is 10.6. The number of benzene rings is 1. The molecule has 1 N–H and O–H groups in total. The summed E-state index contributed by atoms with van der Waals surface area (Å²) in [4.78, 5) is 0. The highest BCUT2D eigenvalue weighted by Crippen LogP contribution is 2.22. The summed E-state index contributed by atoms with van der Waals surface area (Å²) in [5.74, 6) is -0.742. The number of alkyl halides is 1. The van der Waals surface area contributed by atoms with E-state index in [1.54, 1.807) is 0 Å². The van der Waals surface area contributed by atoms with Crippen LogP contribution in [0.4, 0.5) is 8.78 Å². The van der Waals surface area contributed by atoms with Crippen molar-refractivity contribution in [3.05, 3.63) is 35.4 Å². The first-order valence-electron chi connectivity index (χ1n) is 4.34. The molecule has 1 aromatic rings. The molecule has 1 atom stereocenters. The van der Waals surface area contributed by atoms with Gasteiger partial charge in [0.25, 0.3) is 0 Å². The number of hydrogen-bond donors (Lipinski definition) is 1. The van der Waals surface area contributed by atoms with E-state index in [1.165, 1.54) is 0 Å². The SMILES string of the molecule is O[C@@H](CCCCl)c1cc(F)ccc1F. The van der Waals surface area contributed by atoms with E-state index >= 15 is 0 Å². The van der Waals surface area contributed by atoms with Crippen molar-refractivity contribution in [2.24, 2.45) is 0 Å². The highest BCUT2D eigenvalue weighted by molar-refractivity contribution is 6.17. The standard InChI is InChI=1S/C10H11ClF2O/c11-5-1-2-10(14)8-6-7(12)3-4-9(8)13/h3-4,6,10,14H,1-2,5H2/t10-/m0/s1. The molecule has 1 nitrogen and oxygen atoms in total. The molecule has 0 aromatic heterocycles. The fourth-order valence-corrected chi connectivity index (χ4v) is 1.35. The first-order valence-corrected chi connectivity index (χ1v) is 4.87. The second-order valence-corrected chi connectivity index (χ2v) is 3.39. The number of aliphatic hydroxyl groups excluding tert-OH is 1. The molecule has 0 aliphatic heterocycles. The van der Waals surface area contributed by atoms with Gasteiger partial charge >= 0.3 is 0 Å². The lowest BCUT2D eigenvalue weighted by molar-refractivity contribution is 0.161. The predicted molar refractivity (Wildman–Crippen MR) is 51.3 cm³/mol. The van der Waals surface area contributed by atoms with Crippen LogP contribution in [-0.4, -0.2) is 11.0 Å². The minimum absolute atomic E-state index is 0.00452. The van der Waals surface area contributed by atoms with Gasteiger partial charge in [-0.25, -0.2) is 8.78 Å². The molecule has 1 rings (SSSR count). The monoisotopic (exact) mass is 220 g/mol. The average molecular weight is 221 g/mol. The molecule has 0 saturated heterocycles. The molecule has 0 aliphatic rings. The Balaban J connectivity index is 2.77. The van der Waals surface area contributed by atoms with Crippen LogP contribution in [0.1, 0.15) is 24.5 Å². The third kappa shape index (κ3) is 2.93. The first kappa shape index (κ1) is 11.4. The Morgan fingerprint density at radius 2 is 2.07 bits per heavy atom. The molecule has 0 amide bonds. The highest BCUT2D eigenvalue weighted by atomic mass is 35.5. The Bertz CT molecular complexity index is 304. The lowest BCUT2D eigenvalue weighted by Crippen LogP contribution is -2.01.